The first-order chi connectivity index (χ1) is 10.3. The van der Waals surface area contributed by atoms with Gasteiger partial charge in [-0.05, 0) is 36.4 Å². The van der Waals surface area contributed by atoms with E-state index in [9.17, 15) is 0 Å². The van der Waals surface area contributed by atoms with E-state index in [1.165, 1.54) is 0 Å². The van der Waals surface area contributed by atoms with Gasteiger partial charge in [0, 0.05) is 11.4 Å². The molecule has 0 fully saturated rings. The zero-order valence-electron chi connectivity index (χ0n) is 11.4. The molecule has 2 N–H and O–H groups in total. The Balaban J connectivity index is 1.85. The lowest BCUT2D eigenvalue weighted by Gasteiger charge is -2.13. The topological polar surface area (TPSA) is 24.1 Å². The summed E-state index contributed by atoms with van der Waals surface area (Å²) in [5.41, 5.74) is 3.78. The Hall–Kier alpha value is -2.45. The summed E-state index contributed by atoms with van der Waals surface area (Å²) >= 11 is 6.48. The van der Waals surface area contributed by atoms with Crippen LogP contribution in [0.25, 0.3) is 0 Å². The van der Waals surface area contributed by atoms with Crippen LogP contribution in [0.5, 0.6) is 0 Å². The molecule has 0 aliphatic heterocycles. The summed E-state index contributed by atoms with van der Waals surface area (Å²) in [6.45, 7) is 0. The van der Waals surface area contributed by atoms with Crippen molar-refractivity contribution in [2.45, 2.75) is 0 Å². The first-order valence-electron chi connectivity index (χ1n) is 6.75. The van der Waals surface area contributed by atoms with Crippen LogP contribution in [0.1, 0.15) is 0 Å². The lowest BCUT2D eigenvalue weighted by molar-refractivity contribution is 1.51. The van der Waals surface area contributed by atoms with Gasteiger partial charge in [-0.3, -0.25) is 0 Å². The summed E-state index contributed by atoms with van der Waals surface area (Å²) in [5.74, 6) is 0. The SMILES string of the molecule is Clc1c(Nc2ccccc2)cccc1Nc1ccccc1. The Labute approximate surface area is 129 Å². The second-order valence-electron chi connectivity index (χ2n) is 4.65. The summed E-state index contributed by atoms with van der Waals surface area (Å²) < 4.78 is 0. The van der Waals surface area contributed by atoms with Crippen molar-refractivity contribution in [2.75, 3.05) is 10.6 Å². The van der Waals surface area contributed by atoms with Crippen LogP contribution in [0.15, 0.2) is 78.9 Å². The van der Waals surface area contributed by atoms with Crippen LogP contribution in [0, 0.1) is 0 Å². The molecule has 0 aliphatic carbocycles. The maximum absolute atomic E-state index is 6.48. The molecule has 0 radical (unpaired) electrons. The van der Waals surface area contributed by atoms with Crippen LogP contribution in [-0.2, 0) is 0 Å². The standard InChI is InChI=1S/C18H15ClN2/c19-18-16(20-14-8-3-1-4-9-14)12-7-13-17(18)21-15-10-5-2-6-11-15/h1-13,20-21H. The van der Waals surface area contributed by atoms with Crippen LogP contribution in [-0.4, -0.2) is 0 Å². The van der Waals surface area contributed by atoms with Crippen molar-refractivity contribution < 1.29 is 0 Å². The van der Waals surface area contributed by atoms with E-state index < -0.39 is 0 Å². The predicted octanol–water partition coefficient (Wildman–Crippen LogP) is 5.83. The van der Waals surface area contributed by atoms with Crippen molar-refractivity contribution in [3.05, 3.63) is 83.9 Å². The third-order valence-corrected chi connectivity index (χ3v) is 3.51. The highest BCUT2D eigenvalue weighted by Gasteiger charge is 2.06. The summed E-state index contributed by atoms with van der Waals surface area (Å²) in [6, 6.07) is 25.9. The number of hydrogen-bond donors (Lipinski definition) is 2. The van der Waals surface area contributed by atoms with Crippen LogP contribution < -0.4 is 10.6 Å². The number of para-hydroxylation sites is 2. The fourth-order valence-corrected chi connectivity index (χ4v) is 2.30. The quantitative estimate of drug-likeness (QED) is 0.633. The lowest BCUT2D eigenvalue weighted by Crippen LogP contribution is -1.95. The molecule has 21 heavy (non-hydrogen) atoms. The van der Waals surface area contributed by atoms with Crippen molar-refractivity contribution in [1.29, 1.82) is 0 Å². The van der Waals surface area contributed by atoms with Crippen molar-refractivity contribution in [2.24, 2.45) is 0 Å². The van der Waals surface area contributed by atoms with E-state index in [2.05, 4.69) is 10.6 Å². The molecule has 0 bridgehead atoms. The van der Waals surface area contributed by atoms with Gasteiger partial charge in [0.15, 0.2) is 0 Å². The number of rotatable bonds is 4. The molecule has 0 aliphatic rings. The number of nitrogens with one attached hydrogen (secondary N) is 2. The van der Waals surface area contributed by atoms with Crippen molar-refractivity contribution in [1.82, 2.24) is 0 Å². The Kier molecular flexibility index (Phi) is 4.08. The van der Waals surface area contributed by atoms with E-state index in [0.717, 1.165) is 22.7 Å². The largest absolute Gasteiger partial charge is 0.354 e. The molecule has 3 aromatic carbocycles. The number of benzene rings is 3. The average molecular weight is 295 g/mol. The van der Waals surface area contributed by atoms with Crippen LogP contribution >= 0.6 is 11.6 Å². The molecule has 0 unspecified atom stereocenters. The van der Waals surface area contributed by atoms with E-state index in [1.54, 1.807) is 0 Å². The molecular weight excluding hydrogens is 280 g/mol. The second-order valence-corrected chi connectivity index (χ2v) is 5.03. The third-order valence-electron chi connectivity index (χ3n) is 3.10. The Morgan fingerprint density at radius 3 is 1.38 bits per heavy atom. The number of hydrogen-bond acceptors (Lipinski definition) is 2. The molecule has 3 heteroatoms. The van der Waals surface area contributed by atoms with E-state index in [0.29, 0.717) is 5.02 Å². The van der Waals surface area contributed by atoms with Gasteiger partial charge in [-0.2, -0.15) is 0 Å². The molecule has 0 saturated heterocycles. The monoisotopic (exact) mass is 294 g/mol. The highest BCUT2D eigenvalue weighted by atomic mass is 35.5. The zero-order chi connectivity index (χ0) is 14.5. The zero-order valence-corrected chi connectivity index (χ0v) is 12.1. The normalized spacial score (nSPS) is 10.1. The van der Waals surface area contributed by atoms with Gasteiger partial charge in [0.25, 0.3) is 0 Å². The fourth-order valence-electron chi connectivity index (χ4n) is 2.08. The minimum atomic E-state index is 0.671. The number of halogens is 1. The molecule has 0 atom stereocenters. The molecule has 0 heterocycles. The molecule has 0 amide bonds. The van der Waals surface area contributed by atoms with E-state index in [-0.39, 0.29) is 0 Å². The Morgan fingerprint density at radius 1 is 0.524 bits per heavy atom. The van der Waals surface area contributed by atoms with Crippen molar-refractivity contribution in [3.63, 3.8) is 0 Å². The van der Waals surface area contributed by atoms with Gasteiger partial charge in [-0.25, -0.2) is 0 Å². The Morgan fingerprint density at radius 2 is 0.952 bits per heavy atom. The maximum Gasteiger partial charge on any atom is 0.0875 e. The molecule has 104 valence electrons. The number of anilines is 4. The molecule has 0 saturated carbocycles. The summed E-state index contributed by atoms with van der Waals surface area (Å²) in [5, 5.41) is 7.32. The van der Waals surface area contributed by atoms with E-state index in [1.807, 2.05) is 78.9 Å². The van der Waals surface area contributed by atoms with Gasteiger partial charge in [-0.1, -0.05) is 54.1 Å². The molecule has 2 nitrogen and oxygen atoms in total. The first kappa shape index (κ1) is 13.5. The fraction of sp³-hybridized carbons (Fsp3) is 0. The summed E-state index contributed by atoms with van der Waals surface area (Å²) in [7, 11) is 0. The molecule has 3 aromatic rings. The van der Waals surface area contributed by atoms with Crippen molar-refractivity contribution >= 4 is 34.4 Å². The third kappa shape index (κ3) is 3.36. The van der Waals surface area contributed by atoms with Gasteiger partial charge in [0.1, 0.15) is 0 Å². The highest BCUT2D eigenvalue weighted by Crippen LogP contribution is 2.33. The molecule has 0 aromatic heterocycles. The Bertz CT molecular complexity index is 652. The smallest absolute Gasteiger partial charge is 0.0875 e. The highest BCUT2D eigenvalue weighted by molar-refractivity contribution is 6.36. The summed E-state index contributed by atoms with van der Waals surface area (Å²) in [4.78, 5) is 0. The van der Waals surface area contributed by atoms with E-state index >= 15 is 0 Å². The predicted molar refractivity (Wildman–Crippen MR) is 90.9 cm³/mol. The average Bonchev–Trinajstić information content (AvgIpc) is 2.53. The van der Waals surface area contributed by atoms with Gasteiger partial charge < -0.3 is 10.6 Å². The first-order valence-corrected chi connectivity index (χ1v) is 7.13. The van der Waals surface area contributed by atoms with Gasteiger partial charge in [0.2, 0.25) is 0 Å². The van der Waals surface area contributed by atoms with E-state index in [4.69, 9.17) is 11.6 Å². The second kappa shape index (κ2) is 6.33. The van der Waals surface area contributed by atoms with Gasteiger partial charge in [0.05, 0.1) is 16.4 Å². The van der Waals surface area contributed by atoms with Crippen LogP contribution in [0.2, 0.25) is 5.02 Å². The van der Waals surface area contributed by atoms with Gasteiger partial charge in [-0.15, -0.1) is 0 Å². The minimum absolute atomic E-state index is 0.671. The van der Waals surface area contributed by atoms with Gasteiger partial charge >= 0.3 is 0 Å². The lowest BCUT2D eigenvalue weighted by atomic mass is 10.2. The molecule has 3 rings (SSSR count). The van der Waals surface area contributed by atoms with Crippen LogP contribution in [0.4, 0.5) is 22.7 Å². The maximum atomic E-state index is 6.48. The van der Waals surface area contributed by atoms with Crippen LogP contribution in [0.3, 0.4) is 0 Å². The molecular formula is C18H15ClN2. The minimum Gasteiger partial charge on any atom is -0.354 e. The molecule has 0 spiro atoms. The summed E-state index contributed by atoms with van der Waals surface area (Å²) in [6.07, 6.45) is 0. The van der Waals surface area contributed by atoms with Crippen molar-refractivity contribution in [3.8, 4) is 0 Å².